The topological polar surface area (TPSA) is 55.8 Å². The summed E-state index contributed by atoms with van der Waals surface area (Å²) in [7, 11) is 0. The number of carbonyl (C=O) groups is 2. The molecule has 0 aromatic heterocycles. The summed E-state index contributed by atoms with van der Waals surface area (Å²) in [5.41, 5.74) is 0.922. The third-order valence-corrected chi connectivity index (χ3v) is 3.51. The molecule has 1 saturated heterocycles. The van der Waals surface area contributed by atoms with E-state index in [0.717, 1.165) is 5.56 Å². The van der Waals surface area contributed by atoms with Gasteiger partial charge < -0.3 is 9.47 Å². The van der Waals surface area contributed by atoms with Crippen molar-refractivity contribution in [2.75, 3.05) is 13.2 Å². The van der Waals surface area contributed by atoms with Crippen molar-refractivity contribution < 1.29 is 19.1 Å². The van der Waals surface area contributed by atoms with E-state index < -0.39 is 12.1 Å². The first-order chi connectivity index (χ1) is 10.1. The second kappa shape index (κ2) is 7.11. The number of nitrogens with zero attached hydrogens (tertiary/aromatic N) is 1. The van der Waals surface area contributed by atoms with E-state index in [1.165, 1.54) is 4.90 Å². The van der Waals surface area contributed by atoms with Gasteiger partial charge in [0.15, 0.2) is 0 Å². The van der Waals surface area contributed by atoms with Crippen LogP contribution in [0, 0.1) is 5.92 Å². The fraction of sp³-hybridized carbons (Fsp3) is 0.500. The fourth-order valence-electron chi connectivity index (χ4n) is 2.51. The molecule has 21 heavy (non-hydrogen) atoms. The summed E-state index contributed by atoms with van der Waals surface area (Å²) in [6.45, 7) is 4.82. The molecule has 0 aliphatic carbocycles. The summed E-state index contributed by atoms with van der Waals surface area (Å²) in [4.78, 5) is 25.6. The molecule has 0 bridgehead atoms. The molecule has 1 aliphatic rings. The van der Waals surface area contributed by atoms with Gasteiger partial charge in [0, 0.05) is 6.54 Å². The minimum Gasteiger partial charge on any atom is -0.464 e. The fourth-order valence-corrected chi connectivity index (χ4v) is 2.51. The zero-order valence-electron chi connectivity index (χ0n) is 12.5. The van der Waals surface area contributed by atoms with Crippen LogP contribution in [0.3, 0.4) is 0 Å². The van der Waals surface area contributed by atoms with Crippen molar-refractivity contribution in [3.8, 4) is 0 Å². The molecule has 1 fully saturated rings. The van der Waals surface area contributed by atoms with E-state index >= 15 is 0 Å². The number of hydrogen-bond donors (Lipinski definition) is 0. The van der Waals surface area contributed by atoms with Gasteiger partial charge in [-0.3, -0.25) is 4.90 Å². The monoisotopic (exact) mass is 291 g/mol. The maximum absolute atomic E-state index is 12.2. The lowest BCUT2D eigenvalue weighted by atomic mass is 10.1. The highest BCUT2D eigenvalue weighted by Crippen LogP contribution is 2.24. The highest BCUT2D eigenvalue weighted by molar-refractivity contribution is 5.82. The van der Waals surface area contributed by atoms with Gasteiger partial charge in [-0.15, -0.1) is 0 Å². The molecular formula is C16H21NO4. The molecule has 1 heterocycles. The van der Waals surface area contributed by atoms with E-state index in [4.69, 9.17) is 9.47 Å². The van der Waals surface area contributed by atoms with Gasteiger partial charge in [-0.05, 0) is 24.8 Å². The molecule has 1 aromatic rings. The number of ether oxygens (including phenoxy) is 2. The quantitative estimate of drug-likeness (QED) is 0.800. The number of hydrogen-bond acceptors (Lipinski definition) is 4. The minimum atomic E-state index is -0.525. The van der Waals surface area contributed by atoms with Gasteiger partial charge in [0.25, 0.3) is 0 Å². The average molecular weight is 291 g/mol. The van der Waals surface area contributed by atoms with Crippen LogP contribution in [0.25, 0.3) is 0 Å². The molecule has 114 valence electrons. The smallest absolute Gasteiger partial charge is 0.410 e. The Morgan fingerprint density at radius 1 is 1.24 bits per heavy atom. The maximum atomic E-state index is 12.2. The van der Waals surface area contributed by atoms with Crippen molar-refractivity contribution in [3.63, 3.8) is 0 Å². The van der Waals surface area contributed by atoms with Crippen LogP contribution in [0.2, 0.25) is 0 Å². The lowest BCUT2D eigenvalue weighted by molar-refractivity contribution is -0.148. The molecule has 1 amide bonds. The molecule has 0 spiro atoms. The van der Waals surface area contributed by atoms with Crippen LogP contribution in [0.4, 0.5) is 4.79 Å². The number of amides is 1. The Labute approximate surface area is 124 Å². The molecule has 0 radical (unpaired) electrons. The van der Waals surface area contributed by atoms with Crippen LogP contribution in [-0.4, -0.2) is 36.2 Å². The predicted octanol–water partition coefficient (Wildman–Crippen LogP) is 2.60. The van der Waals surface area contributed by atoms with Gasteiger partial charge in [0.1, 0.15) is 12.6 Å². The molecule has 2 atom stereocenters. The van der Waals surface area contributed by atoms with Crippen molar-refractivity contribution in [1.29, 1.82) is 0 Å². The first-order valence-electron chi connectivity index (χ1n) is 7.25. The third-order valence-electron chi connectivity index (χ3n) is 3.51. The molecule has 5 nitrogen and oxygen atoms in total. The number of rotatable bonds is 4. The van der Waals surface area contributed by atoms with E-state index in [2.05, 4.69) is 0 Å². The minimum absolute atomic E-state index is 0.208. The highest BCUT2D eigenvalue weighted by Gasteiger charge is 2.39. The van der Waals surface area contributed by atoms with Gasteiger partial charge in [0.2, 0.25) is 0 Å². The van der Waals surface area contributed by atoms with Crippen LogP contribution in [-0.2, 0) is 20.9 Å². The summed E-state index contributed by atoms with van der Waals surface area (Å²) >= 11 is 0. The third kappa shape index (κ3) is 3.97. The first kappa shape index (κ1) is 15.4. The van der Waals surface area contributed by atoms with Crippen LogP contribution in [0.15, 0.2) is 30.3 Å². The summed E-state index contributed by atoms with van der Waals surface area (Å²) < 4.78 is 10.3. The van der Waals surface area contributed by atoms with Crippen molar-refractivity contribution in [2.45, 2.75) is 32.9 Å². The highest BCUT2D eigenvalue weighted by atomic mass is 16.6. The van der Waals surface area contributed by atoms with E-state index in [9.17, 15) is 9.59 Å². The van der Waals surface area contributed by atoms with Crippen LogP contribution in [0.1, 0.15) is 25.8 Å². The van der Waals surface area contributed by atoms with Gasteiger partial charge >= 0.3 is 12.1 Å². The van der Waals surface area contributed by atoms with E-state index in [1.807, 2.05) is 37.3 Å². The van der Waals surface area contributed by atoms with Gasteiger partial charge in [-0.25, -0.2) is 9.59 Å². The standard InChI is InChI=1S/C16H21NO4/c1-3-20-15(18)14-9-12(2)10-17(14)16(19)21-11-13-7-5-4-6-8-13/h4-8,12,14H,3,9-11H2,1-2H3/t12-,14+/m0/s1. The molecular weight excluding hydrogens is 270 g/mol. The predicted molar refractivity (Wildman–Crippen MR) is 77.5 cm³/mol. The van der Waals surface area contributed by atoms with Gasteiger partial charge in [-0.1, -0.05) is 37.3 Å². The van der Waals surface area contributed by atoms with Crippen LogP contribution >= 0.6 is 0 Å². The van der Waals surface area contributed by atoms with Crippen LogP contribution < -0.4 is 0 Å². The van der Waals surface area contributed by atoms with E-state index in [1.54, 1.807) is 6.92 Å². The Morgan fingerprint density at radius 3 is 2.62 bits per heavy atom. The molecule has 1 aliphatic heterocycles. The molecule has 0 saturated carbocycles. The maximum Gasteiger partial charge on any atom is 0.410 e. The molecule has 1 aromatic carbocycles. The number of carbonyl (C=O) groups excluding carboxylic acids is 2. The van der Waals surface area contributed by atoms with Crippen molar-refractivity contribution in [1.82, 2.24) is 4.90 Å². The molecule has 0 N–H and O–H groups in total. The summed E-state index contributed by atoms with van der Waals surface area (Å²) in [5, 5.41) is 0. The Morgan fingerprint density at radius 2 is 1.95 bits per heavy atom. The Bertz CT molecular complexity index is 488. The Kier molecular flexibility index (Phi) is 5.20. The SMILES string of the molecule is CCOC(=O)[C@H]1C[C@H](C)CN1C(=O)OCc1ccccc1. The first-order valence-corrected chi connectivity index (χ1v) is 7.25. The number of esters is 1. The second-order valence-corrected chi connectivity index (χ2v) is 5.30. The summed E-state index contributed by atoms with van der Waals surface area (Å²) in [6.07, 6.45) is 0.167. The van der Waals surface area contributed by atoms with Crippen molar-refractivity contribution >= 4 is 12.1 Å². The van der Waals surface area contributed by atoms with Gasteiger partial charge in [-0.2, -0.15) is 0 Å². The van der Waals surface area contributed by atoms with E-state index in [0.29, 0.717) is 19.6 Å². The summed E-state index contributed by atoms with van der Waals surface area (Å²) in [5.74, 6) is -0.0813. The normalized spacial score (nSPS) is 21.1. The number of benzene rings is 1. The average Bonchev–Trinajstić information content (AvgIpc) is 2.88. The molecule has 5 heteroatoms. The number of likely N-dealkylation sites (tertiary alicyclic amines) is 1. The zero-order chi connectivity index (χ0) is 15.2. The van der Waals surface area contributed by atoms with Crippen molar-refractivity contribution in [2.24, 2.45) is 5.92 Å². The molecule has 0 unspecified atom stereocenters. The second-order valence-electron chi connectivity index (χ2n) is 5.30. The Hall–Kier alpha value is -2.04. The molecule has 2 rings (SSSR count). The van der Waals surface area contributed by atoms with Gasteiger partial charge in [0.05, 0.1) is 6.61 Å². The Balaban J connectivity index is 1.94. The largest absolute Gasteiger partial charge is 0.464 e. The summed E-state index contributed by atoms with van der Waals surface area (Å²) in [6, 6.07) is 8.95. The lowest BCUT2D eigenvalue weighted by Crippen LogP contribution is -2.41. The van der Waals surface area contributed by atoms with E-state index in [-0.39, 0.29) is 18.5 Å². The zero-order valence-corrected chi connectivity index (χ0v) is 12.5. The van der Waals surface area contributed by atoms with Crippen LogP contribution in [0.5, 0.6) is 0 Å². The lowest BCUT2D eigenvalue weighted by Gasteiger charge is -2.22. The van der Waals surface area contributed by atoms with Crippen molar-refractivity contribution in [3.05, 3.63) is 35.9 Å².